The van der Waals surface area contributed by atoms with Gasteiger partial charge in [-0.2, -0.15) is 0 Å². The van der Waals surface area contributed by atoms with E-state index in [1.165, 1.54) is 10.9 Å². The lowest BCUT2D eigenvalue weighted by Gasteiger charge is -2.22. The smallest absolute Gasteiger partial charge is 0.260 e. The molecule has 4 heteroatoms. The number of amides is 1. The Balaban J connectivity index is 1.29. The maximum Gasteiger partial charge on any atom is 0.260 e. The molecule has 1 aliphatic heterocycles. The summed E-state index contributed by atoms with van der Waals surface area (Å²) in [5.41, 5.74) is 1.32. The van der Waals surface area contributed by atoms with Gasteiger partial charge in [0.2, 0.25) is 0 Å². The lowest BCUT2D eigenvalue weighted by atomic mass is 10.1. The quantitative estimate of drug-likeness (QED) is 0.678. The second-order valence-corrected chi connectivity index (χ2v) is 7.29. The van der Waals surface area contributed by atoms with Crippen molar-refractivity contribution in [1.29, 1.82) is 0 Å². The zero-order valence-corrected chi connectivity index (χ0v) is 16.1. The minimum atomic E-state index is 0.0646. The zero-order valence-electron chi connectivity index (χ0n) is 16.1. The molecule has 3 aromatic rings. The normalized spacial score (nSPS) is 15.4. The highest BCUT2D eigenvalue weighted by Crippen LogP contribution is 2.20. The molecule has 4 rings (SSSR count). The van der Waals surface area contributed by atoms with E-state index in [4.69, 9.17) is 4.74 Å². The molecule has 1 fully saturated rings. The Morgan fingerprint density at radius 1 is 0.821 bits per heavy atom. The molecular weight excluding hydrogens is 348 g/mol. The molecule has 1 heterocycles. The lowest BCUT2D eigenvalue weighted by Crippen LogP contribution is -2.38. The molecule has 4 nitrogen and oxygen atoms in total. The molecule has 0 unspecified atom stereocenters. The molecule has 0 aromatic heterocycles. The van der Waals surface area contributed by atoms with Crippen LogP contribution in [0.15, 0.2) is 72.8 Å². The molecule has 0 atom stereocenters. The minimum Gasteiger partial charge on any atom is -0.484 e. The predicted octanol–water partition coefficient (Wildman–Crippen LogP) is 3.95. The molecule has 3 aromatic carbocycles. The van der Waals surface area contributed by atoms with Crippen LogP contribution in [0.1, 0.15) is 12.0 Å². The van der Waals surface area contributed by atoms with Crippen LogP contribution < -0.4 is 4.74 Å². The number of carbonyl (C=O) groups excluding carboxylic acids is 1. The van der Waals surface area contributed by atoms with Gasteiger partial charge in [0.1, 0.15) is 5.75 Å². The fraction of sp³-hybridized carbons (Fsp3) is 0.292. The number of carbonyl (C=O) groups is 1. The number of nitrogens with zero attached hydrogens (tertiary/aromatic N) is 2. The van der Waals surface area contributed by atoms with Crippen molar-refractivity contribution in [3.8, 4) is 5.75 Å². The summed E-state index contributed by atoms with van der Waals surface area (Å²) in [6, 6.07) is 24.6. The second kappa shape index (κ2) is 8.89. The summed E-state index contributed by atoms with van der Waals surface area (Å²) in [6.07, 6.45) is 0.995. The average molecular weight is 374 g/mol. The van der Waals surface area contributed by atoms with Crippen LogP contribution in [0, 0.1) is 0 Å². The van der Waals surface area contributed by atoms with Gasteiger partial charge in [0, 0.05) is 32.7 Å². The number of ether oxygens (including phenoxy) is 1. The van der Waals surface area contributed by atoms with Crippen LogP contribution >= 0.6 is 0 Å². The maximum absolute atomic E-state index is 12.6. The Morgan fingerprint density at radius 2 is 1.61 bits per heavy atom. The highest BCUT2D eigenvalue weighted by molar-refractivity contribution is 5.84. The van der Waals surface area contributed by atoms with E-state index in [1.54, 1.807) is 0 Å². The zero-order chi connectivity index (χ0) is 19.2. The molecule has 0 bridgehead atoms. The maximum atomic E-state index is 12.6. The Labute approximate surface area is 166 Å². The minimum absolute atomic E-state index is 0.0646. The van der Waals surface area contributed by atoms with E-state index >= 15 is 0 Å². The first-order valence-electron chi connectivity index (χ1n) is 9.93. The van der Waals surface area contributed by atoms with Crippen LogP contribution in [-0.4, -0.2) is 48.5 Å². The first kappa shape index (κ1) is 18.5. The van der Waals surface area contributed by atoms with Crippen molar-refractivity contribution < 1.29 is 9.53 Å². The molecule has 0 N–H and O–H groups in total. The van der Waals surface area contributed by atoms with E-state index in [1.807, 2.05) is 41.3 Å². The van der Waals surface area contributed by atoms with Gasteiger partial charge in [-0.05, 0) is 34.9 Å². The third-order valence-corrected chi connectivity index (χ3v) is 5.27. The lowest BCUT2D eigenvalue weighted by molar-refractivity contribution is -0.133. The third kappa shape index (κ3) is 4.70. The van der Waals surface area contributed by atoms with Gasteiger partial charge in [-0.1, -0.05) is 60.7 Å². The van der Waals surface area contributed by atoms with E-state index in [-0.39, 0.29) is 12.5 Å². The van der Waals surface area contributed by atoms with Gasteiger partial charge >= 0.3 is 0 Å². The van der Waals surface area contributed by atoms with E-state index in [0.29, 0.717) is 0 Å². The van der Waals surface area contributed by atoms with Crippen molar-refractivity contribution in [2.75, 3.05) is 32.8 Å². The number of hydrogen-bond acceptors (Lipinski definition) is 3. The van der Waals surface area contributed by atoms with Crippen molar-refractivity contribution in [2.45, 2.75) is 13.0 Å². The summed E-state index contributed by atoms with van der Waals surface area (Å²) in [7, 11) is 0. The monoisotopic (exact) mass is 374 g/mol. The summed E-state index contributed by atoms with van der Waals surface area (Å²) >= 11 is 0. The van der Waals surface area contributed by atoms with Gasteiger partial charge in [0.15, 0.2) is 6.61 Å². The van der Waals surface area contributed by atoms with Gasteiger partial charge in [-0.15, -0.1) is 0 Å². The molecule has 1 saturated heterocycles. The number of benzene rings is 3. The SMILES string of the molecule is O=C(COc1ccc2ccccc2c1)N1CCCN(Cc2ccccc2)CC1. The number of fused-ring (bicyclic) bond motifs is 1. The van der Waals surface area contributed by atoms with E-state index < -0.39 is 0 Å². The summed E-state index contributed by atoms with van der Waals surface area (Å²) in [5.74, 6) is 0.808. The number of rotatable bonds is 5. The first-order valence-corrected chi connectivity index (χ1v) is 9.93. The van der Waals surface area contributed by atoms with Gasteiger partial charge in [-0.25, -0.2) is 0 Å². The van der Waals surface area contributed by atoms with Gasteiger partial charge in [-0.3, -0.25) is 9.69 Å². The van der Waals surface area contributed by atoms with E-state index in [9.17, 15) is 4.79 Å². The predicted molar refractivity (Wildman–Crippen MR) is 112 cm³/mol. The van der Waals surface area contributed by atoms with E-state index in [2.05, 4.69) is 41.3 Å². The Kier molecular flexibility index (Phi) is 5.88. The molecule has 1 amide bonds. The average Bonchev–Trinajstić information content (AvgIpc) is 2.98. The molecule has 28 heavy (non-hydrogen) atoms. The van der Waals surface area contributed by atoms with Crippen molar-refractivity contribution in [2.24, 2.45) is 0 Å². The highest BCUT2D eigenvalue weighted by atomic mass is 16.5. The molecule has 0 spiro atoms. The van der Waals surface area contributed by atoms with Crippen molar-refractivity contribution in [1.82, 2.24) is 9.80 Å². The van der Waals surface area contributed by atoms with E-state index in [0.717, 1.165) is 50.3 Å². The van der Waals surface area contributed by atoms with Crippen LogP contribution in [0.25, 0.3) is 10.8 Å². The fourth-order valence-electron chi connectivity index (χ4n) is 3.71. The molecule has 144 valence electrons. The topological polar surface area (TPSA) is 32.8 Å². The Bertz CT molecular complexity index is 926. The molecule has 0 aliphatic carbocycles. The summed E-state index contributed by atoms with van der Waals surface area (Å²) < 4.78 is 5.79. The van der Waals surface area contributed by atoms with Crippen molar-refractivity contribution in [3.63, 3.8) is 0 Å². The van der Waals surface area contributed by atoms with Crippen LogP contribution in [-0.2, 0) is 11.3 Å². The van der Waals surface area contributed by atoms with Crippen LogP contribution in [0.3, 0.4) is 0 Å². The van der Waals surface area contributed by atoms with Crippen molar-refractivity contribution >= 4 is 16.7 Å². The largest absolute Gasteiger partial charge is 0.484 e. The van der Waals surface area contributed by atoms with Crippen LogP contribution in [0.5, 0.6) is 5.75 Å². The summed E-state index contributed by atoms with van der Waals surface area (Å²) in [4.78, 5) is 17.0. The molecule has 0 saturated carbocycles. The summed E-state index contributed by atoms with van der Waals surface area (Å²) in [6.45, 7) is 4.51. The van der Waals surface area contributed by atoms with Gasteiger partial charge in [0.25, 0.3) is 5.91 Å². The van der Waals surface area contributed by atoms with Gasteiger partial charge < -0.3 is 9.64 Å². The summed E-state index contributed by atoms with van der Waals surface area (Å²) in [5, 5.41) is 2.30. The Hall–Kier alpha value is -2.85. The van der Waals surface area contributed by atoms with Crippen LogP contribution in [0.4, 0.5) is 0 Å². The van der Waals surface area contributed by atoms with Crippen LogP contribution in [0.2, 0.25) is 0 Å². The molecule has 0 radical (unpaired) electrons. The first-order chi connectivity index (χ1) is 13.8. The highest BCUT2D eigenvalue weighted by Gasteiger charge is 2.19. The fourth-order valence-corrected chi connectivity index (χ4v) is 3.71. The third-order valence-electron chi connectivity index (χ3n) is 5.27. The van der Waals surface area contributed by atoms with Gasteiger partial charge in [0.05, 0.1) is 0 Å². The second-order valence-electron chi connectivity index (χ2n) is 7.29. The molecule has 1 aliphatic rings. The van der Waals surface area contributed by atoms with Crippen molar-refractivity contribution in [3.05, 3.63) is 78.4 Å². The number of hydrogen-bond donors (Lipinski definition) is 0. The standard InChI is InChI=1S/C24H26N2O2/c27-24(19-28-23-12-11-21-9-4-5-10-22(21)17-23)26-14-6-13-25(15-16-26)18-20-7-2-1-3-8-20/h1-5,7-12,17H,6,13-16,18-19H2. The molecular formula is C24H26N2O2. The Morgan fingerprint density at radius 3 is 2.46 bits per heavy atom.